The number of hydrogen-bond donors (Lipinski definition) is 1. The summed E-state index contributed by atoms with van der Waals surface area (Å²) in [5.41, 5.74) is 0. The van der Waals surface area contributed by atoms with E-state index in [0.29, 0.717) is 0 Å². The van der Waals surface area contributed by atoms with Crippen LogP contribution in [0.1, 0.15) is 47.0 Å². The number of nitrogens with zero attached hydrogens (tertiary/aromatic N) is 1. The first-order valence-electron chi connectivity index (χ1n) is 7.12. The van der Waals surface area contributed by atoms with Crippen molar-refractivity contribution in [3.05, 3.63) is 0 Å². The van der Waals surface area contributed by atoms with Gasteiger partial charge in [-0.25, -0.2) is 0 Å². The Morgan fingerprint density at radius 2 is 1.81 bits per heavy atom. The van der Waals surface area contributed by atoms with Crippen molar-refractivity contribution in [3.8, 4) is 0 Å². The zero-order chi connectivity index (χ0) is 12.0. The molecule has 0 spiro atoms. The second-order valence-corrected chi connectivity index (χ2v) is 5.67. The molecule has 16 heavy (non-hydrogen) atoms. The number of rotatable bonds is 8. The van der Waals surface area contributed by atoms with Crippen LogP contribution in [0.15, 0.2) is 0 Å². The van der Waals surface area contributed by atoms with Gasteiger partial charge < -0.3 is 10.2 Å². The molecule has 1 rings (SSSR count). The molecule has 2 heteroatoms. The smallest absolute Gasteiger partial charge is 0.00901 e. The van der Waals surface area contributed by atoms with E-state index >= 15 is 0 Å². The van der Waals surface area contributed by atoms with Crippen molar-refractivity contribution in [2.24, 2.45) is 11.8 Å². The average Bonchev–Trinajstić information content (AvgIpc) is 2.16. The van der Waals surface area contributed by atoms with Crippen molar-refractivity contribution >= 4 is 0 Å². The second-order valence-electron chi connectivity index (χ2n) is 5.67. The average molecular weight is 226 g/mol. The lowest BCUT2D eigenvalue weighted by Crippen LogP contribution is -2.45. The van der Waals surface area contributed by atoms with E-state index in [1.165, 1.54) is 45.4 Å². The van der Waals surface area contributed by atoms with Gasteiger partial charge in [0.2, 0.25) is 0 Å². The van der Waals surface area contributed by atoms with E-state index in [2.05, 4.69) is 37.9 Å². The monoisotopic (exact) mass is 226 g/mol. The summed E-state index contributed by atoms with van der Waals surface area (Å²) in [4.78, 5) is 2.73. The summed E-state index contributed by atoms with van der Waals surface area (Å²) in [6, 6.07) is 0.801. The Hall–Kier alpha value is -0.0800. The Morgan fingerprint density at radius 3 is 2.19 bits per heavy atom. The van der Waals surface area contributed by atoms with Gasteiger partial charge in [0.1, 0.15) is 0 Å². The Labute approximate surface area is 102 Å². The minimum atomic E-state index is 0.792. The molecule has 0 aliphatic carbocycles. The largest absolute Gasteiger partial charge is 0.316 e. The van der Waals surface area contributed by atoms with E-state index in [1.807, 2.05) is 0 Å². The fourth-order valence-electron chi connectivity index (χ4n) is 2.60. The van der Waals surface area contributed by atoms with Crippen LogP contribution >= 0.6 is 0 Å². The predicted molar refractivity (Wildman–Crippen MR) is 71.8 cm³/mol. The van der Waals surface area contributed by atoms with Crippen molar-refractivity contribution in [2.75, 3.05) is 26.2 Å². The number of hydrogen-bond acceptors (Lipinski definition) is 2. The Morgan fingerprint density at radius 1 is 1.19 bits per heavy atom. The van der Waals surface area contributed by atoms with Crippen molar-refractivity contribution < 1.29 is 0 Å². The van der Waals surface area contributed by atoms with E-state index in [-0.39, 0.29) is 0 Å². The van der Waals surface area contributed by atoms with Crippen LogP contribution in [0, 0.1) is 11.8 Å². The highest BCUT2D eigenvalue weighted by molar-refractivity contribution is 4.78. The summed E-state index contributed by atoms with van der Waals surface area (Å²) < 4.78 is 0. The number of nitrogens with one attached hydrogen (secondary N) is 1. The molecule has 0 radical (unpaired) electrons. The standard InChI is InChI=1S/C14H30N2/c1-5-14(6-2)16(11-12(3)4)8-7-13-9-15-10-13/h12-15H,5-11H2,1-4H3. The van der Waals surface area contributed by atoms with Gasteiger partial charge in [0, 0.05) is 12.6 Å². The fraction of sp³-hybridized carbons (Fsp3) is 1.00. The van der Waals surface area contributed by atoms with Crippen molar-refractivity contribution in [3.63, 3.8) is 0 Å². The Kier molecular flexibility index (Phi) is 6.37. The molecule has 1 heterocycles. The Balaban J connectivity index is 2.34. The van der Waals surface area contributed by atoms with Gasteiger partial charge in [0.25, 0.3) is 0 Å². The molecule has 1 aliphatic heterocycles. The molecule has 0 aromatic heterocycles. The highest BCUT2D eigenvalue weighted by Gasteiger charge is 2.21. The van der Waals surface area contributed by atoms with Crippen LogP contribution in [0.3, 0.4) is 0 Å². The maximum Gasteiger partial charge on any atom is 0.00901 e. The first-order chi connectivity index (χ1) is 7.67. The van der Waals surface area contributed by atoms with Crippen LogP contribution in [0.5, 0.6) is 0 Å². The van der Waals surface area contributed by atoms with Gasteiger partial charge in [-0.15, -0.1) is 0 Å². The van der Waals surface area contributed by atoms with Crippen molar-refractivity contribution in [1.82, 2.24) is 10.2 Å². The summed E-state index contributed by atoms with van der Waals surface area (Å²) in [5.74, 6) is 1.74. The van der Waals surface area contributed by atoms with Gasteiger partial charge in [0.15, 0.2) is 0 Å². The molecule has 2 nitrogen and oxygen atoms in total. The third kappa shape index (κ3) is 4.42. The lowest BCUT2D eigenvalue weighted by molar-refractivity contribution is 0.146. The topological polar surface area (TPSA) is 15.3 Å². The first kappa shape index (κ1) is 14.0. The predicted octanol–water partition coefficient (Wildman–Crippen LogP) is 2.74. The van der Waals surface area contributed by atoms with Crippen molar-refractivity contribution in [2.45, 2.75) is 53.0 Å². The molecular weight excluding hydrogens is 196 g/mol. The molecular formula is C14H30N2. The Bertz CT molecular complexity index is 172. The quantitative estimate of drug-likeness (QED) is 0.684. The minimum absolute atomic E-state index is 0.792. The van der Waals surface area contributed by atoms with Crippen molar-refractivity contribution in [1.29, 1.82) is 0 Å². The van der Waals surface area contributed by atoms with E-state index in [1.54, 1.807) is 0 Å². The van der Waals surface area contributed by atoms with Gasteiger partial charge in [-0.05, 0) is 50.7 Å². The summed E-state index contributed by atoms with van der Waals surface area (Å²) in [6.07, 6.45) is 3.98. The third-order valence-corrected chi connectivity index (χ3v) is 3.75. The lowest BCUT2D eigenvalue weighted by Gasteiger charge is -2.35. The molecule has 0 unspecified atom stereocenters. The molecule has 1 aliphatic rings. The summed E-state index contributed by atoms with van der Waals surface area (Å²) in [5, 5.41) is 3.36. The zero-order valence-corrected chi connectivity index (χ0v) is 11.6. The summed E-state index contributed by atoms with van der Waals surface area (Å²) in [6.45, 7) is 14.4. The molecule has 0 aromatic rings. The molecule has 96 valence electrons. The van der Waals surface area contributed by atoms with Crippen LogP contribution < -0.4 is 5.32 Å². The fourth-order valence-corrected chi connectivity index (χ4v) is 2.60. The normalized spacial score (nSPS) is 17.4. The summed E-state index contributed by atoms with van der Waals surface area (Å²) in [7, 11) is 0. The van der Waals surface area contributed by atoms with Gasteiger partial charge in [-0.1, -0.05) is 27.7 Å². The first-order valence-corrected chi connectivity index (χ1v) is 7.12. The lowest BCUT2D eigenvalue weighted by atomic mass is 9.98. The molecule has 0 aromatic carbocycles. The van der Waals surface area contributed by atoms with Gasteiger partial charge >= 0.3 is 0 Å². The van der Waals surface area contributed by atoms with Crippen LogP contribution in [-0.4, -0.2) is 37.1 Å². The SMILES string of the molecule is CCC(CC)N(CCC1CNC1)CC(C)C. The van der Waals surface area contributed by atoms with Gasteiger partial charge in [-0.2, -0.15) is 0 Å². The third-order valence-electron chi connectivity index (χ3n) is 3.75. The van der Waals surface area contributed by atoms with Gasteiger partial charge in [0.05, 0.1) is 0 Å². The molecule has 1 fully saturated rings. The van der Waals surface area contributed by atoms with E-state index in [0.717, 1.165) is 17.9 Å². The molecule has 1 N–H and O–H groups in total. The highest BCUT2D eigenvalue weighted by atomic mass is 15.2. The van der Waals surface area contributed by atoms with Crippen LogP contribution in [0.2, 0.25) is 0 Å². The maximum atomic E-state index is 3.36. The van der Waals surface area contributed by atoms with E-state index < -0.39 is 0 Å². The molecule has 0 amide bonds. The molecule has 0 atom stereocenters. The van der Waals surface area contributed by atoms with Crippen LogP contribution in [-0.2, 0) is 0 Å². The van der Waals surface area contributed by atoms with Crippen LogP contribution in [0.4, 0.5) is 0 Å². The van der Waals surface area contributed by atoms with E-state index in [9.17, 15) is 0 Å². The van der Waals surface area contributed by atoms with E-state index in [4.69, 9.17) is 0 Å². The molecule has 1 saturated heterocycles. The molecule has 0 bridgehead atoms. The van der Waals surface area contributed by atoms with Crippen LogP contribution in [0.25, 0.3) is 0 Å². The molecule has 0 saturated carbocycles. The summed E-state index contributed by atoms with van der Waals surface area (Å²) >= 11 is 0. The second kappa shape index (κ2) is 7.29. The van der Waals surface area contributed by atoms with Gasteiger partial charge in [-0.3, -0.25) is 0 Å². The highest BCUT2D eigenvalue weighted by Crippen LogP contribution is 2.15. The zero-order valence-electron chi connectivity index (χ0n) is 11.6. The maximum absolute atomic E-state index is 3.36. The minimum Gasteiger partial charge on any atom is -0.316 e.